The number of hydrogen-bond acceptors (Lipinski definition) is 5. The highest BCUT2D eigenvalue weighted by atomic mass is 35.5. The van der Waals surface area contributed by atoms with Crippen LogP contribution in [0, 0.1) is 0 Å². The van der Waals surface area contributed by atoms with E-state index in [1.165, 1.54) is 12.1 Å². The standard InChI is InChI=1S/C27H31ClN4O4S/c1-3-31-37(35,36)25-13-8-21(9-14-25)10-15-26(33)32(19-22-6-11-24(28)12-7-22)20(2)27(34)30-18-23-5-4-16-29-17-23/h4-9,11-14,16-17,20,31H,3,10,15,18-19H2,1-2H3,(H,30,34)/t20-/m0/s1. The Bertz CT molecular complexity index is 1280. The third-order valence-corrected chi connectivity index (χ3v) is 7.63. The fourth-order valence-electron chi connectivity index (χ4n) is 3.71. The van der Waals surface area contributed by atoms with Gasteiger partial charge < -0.3 is 10.2 Å². The summed E-state index contributed by atoms with van der Waals surface area (Å²) in [5.41, 5.74) is 2.53. The molecule has 0 saturated heterocycles. The van der Waals surface area contributed by atoms with Crippen molar-refractivity contribution >= 4 is 33.4 Å². The molecule has 0 aliphatic carbocycles. The molecule has 0 unspecified atom stereocenters. The van der Waals surface area contributed by atoms with Gasteiger partial charge in [0.05, 0.1) is 4.90 Å². The molecule has 0 radical (unpaired) electrons. The number of nitrogens with one attached hydrogen (secondary N) is 2. The Balaban J connectivity index is 1.69. The minimum Gasteiger partial charge on any atom is -0.350 e. The van der Waals surface area contributed by atoms with Crippen molar-refractivity contribution in [1.29, 1.82) is 0 Å². The maximum Gasteiger partial charge on any atom is 0.242 e. The Hall–Kier alpha value is -3.27. The highest BCUT2D eigenvalue weighted by Gasteiger charge is 2.26. The minimum absolute atomic E-state index is 0.160. The van der Waals surface area contributed by atoms with E-state index in [2.05, 4.69) is 15.0 Å². The van der Waals surface area contributed by atoms with Gasteiger partial charge in [-0.2, -0.15) is 0 Å². The molecule has 37 heavy (non-hydrogen) atoms. The number of rotatable bonds is 12. The summed E-state index contributed by atoms with van der Waals surface area (Å²) in [7, 11) is -3.54. The predicted molar refractivity (Wildman–Crippen MR) is 143 cm³/mol. The lowest BCUT2D eigenvalue weighted by molar-refractivity contribution is -0.140. The van der Waals surface area contributed by atoms with Crippen molar-refractivity contribution in [3.05, 3.63) is 94.8 Å². The molecule has 0 aliphatic rings. The molecule has 196 valence electrons. The summed E-state index contributed by atoms with van der Waals surface area (Å²) in [5.74, 6) is -0.465. The zero-order valence-electron chi connectivity index (χ0n) is 20.9. The molecule has 0 aliphatic heterocycles. The maximum atomic E-state index is 13.3. The smallest absolute Gasteiger partial charge is 0.242 e. The number of benzene rings is 2. The van der Waals surface area contributed by atoms with Gasteiger partial charge in [0.2, 0.25) is 21.8 Å². The number of aromatic nitrogens is 1. The Morgan fingerprint density at radius 1 is 1.00 bits per heavy atom. The van der Waals surface area contributed by atoms with E-state index < -0.39 is 16.1 Å². The van der Waals surface area contributed by atoms with Crippen LogP contribution in [0.5, 0.6) is 0 Å². The van der Waals surface area contributed by atoms with Crippen LogP contribution in [0.3, 0.4) is 0 Å². The van der Waals surface area contributed by atoms with Crippen molar-refractivity contribution in [2.45, 2.75) is 50.7 Å². The number of carbonyl (C=O) groups excluding carboxylic acids is 2. The Morgan fingerprint density at radius 2 is 1.68 bits per heavy atom. The predicted octanol–water partition coefficient (Wildman–Crippen LogP) is 3.70. The van der Waals surface area contributed by atoms with Gasteiger partial charge >= 0.3 is 0 Å². The Morgan fingerprint density at radius 3 is 2.30 bits per heavy atom. The summed E-state index contributed by atoms with van der Waals surface area (Å²) < 4.78 is 26.8. The van der Waals surface area contributed by atoms with Crippen LogP contribution >= 0.6 is 11.6 Å². The van der Waals surface area contributed by atoms with Crippen LogP contribution in [0.2, 0.25) is 5.02 Å². The van der Waals surface area contributed by atoms with E-state index >= 15 is 0 Å². The number of nitrogens with zero attached hydrogens (tertiary/aromatic N) is 2. The first-order chi connectivity index (χ1) is 17.7. The largest absolute Gasteiger partial charge is 0.350 e. The second-order valence-corrected chi connectivity index (χ2v) is 10.8. The van der Waals surface area contributed by atoms with Gasteiger partial charge in [-0.1, -0.05) is 48.9 Å². The van der Waals surface area contributed by atoms with Gasteiger partial charge in [0.15, 0.2) is 0 Å². The lowest BCUT2D eigenvalue weighted by Gasteiger charge is -2.29. The number of halogens is 1. The molecule has 1 heterocycles. The molecule has 3 aromatic rings. The van der Waals surface area contributed by atoms with Crippen LogP contribution in [-0.2, 0) is 39.1 Å². The van der Waals surface area contributed by atoms with Gasteiger partial charge in [-0.25, -0.2) is 13.1 Å². The monoisotopic (exact) mass is 542 g/mol. The zero-order chi connectivity index (χ0) is 26.8. The molecule has 0 fully saturated rings. The molecule has 2 amide bonds. The second-order valence-electron chi connectivity index (χ2n) is 8.55. The highest BCUT2D eigenvalue weighted by molar-refractivity contribution is 7.89. The molecule has 0 spiro atoms. The number of sulfonamides is 1. The number of hydrogen-bond donors (Lipinski definition) is 2. The lowest BCUT2D eigenvalue weighted by Crippen LogP contribution is -2.47. The molecule has 8 nitrogen and oxygen atoms in total. The van der Waals surface area contributed by atoms with Gasteiger partial charge in [0.1, 0.15) is 6.04 Å². The first kappa shape index (κ1) is 28.3. The zero-order valence-corrected chi connectivity index (χ0v) is 22.4. The van der Waals surface area contributed by atoms with E-state index in [9.17, 15) is 18.0 Å². The molecule has 1 aromatic heterocycles. The van der Waals surface area contributed by atoms with Crippen LogP contribution in [0.1, 0.15) is 37.0 Å². The molecular formula is C27H31ClN4O4S. The first-order valence-electron chi connectivity index (χ1n) is 12.0. The van der Waals surface area contributed by atoms with Gasteiger partial charge in [-0.15, -0.1) is 0 Å². The van der Waals surface area contributed by atoms with Crippen LogP contribution in [0.4, 0.5) is 0 Å². The molecular weight excluding hydrogens is 512 g/mol. The molecule has 0 saturated carbocycles. The number of carbonyl (C=O) groups is 2. The average Bonchev–Trinajstić information content (AvgIpc) is 2.90. The summed E-state index contributed by atoms with van der Waals surface area (Å²) in [5, 5.41) is 3.46. The van der Waals surface area contributed by atoms with Crippen molar-refractivity contribution in [3.63, 3.8) is 0 Å². The van der Waals surface area contributed by atoms with Gasteiger partial charge in [0.25, 0.3) is 0 Å². The Labute approximate surface area is 223 Å². The summed E-state index contributed by atoms with van der Waals surface area (Å²) in [6, 6.07) is 16.5. The normalized spacial score (nSPS) is 12.1. The number of amides is 2. The van der Waals surface area contributed by atoms with E-state index in [-0.39, 0.29) is 29.7 Å². The van der Waals surface area contributed by atoms with Crippen molar-refractivity contribution < 1.29 is 18.0 Å². The topological polar surface area (TPSA) is 108 Å². The molecule has 3 rings (SSSR count). The number of aryl methyl sites for hydroxylation is 1. The SMILES string of the molecule is CCNS(=O)(=O)c1ccc(CCC(=O)N(Cc2ccc(Cl)cc2)[C@@H](C)C(=O)NCc2cccnc2)cc1. The lowest BCUT2D eigenvalue weighted by atomic mass is 10.1. The van der Waals surface area contributed by atoms with Gasteiger partial charge in [0, 0.05) is 43.5 Å². The van der Waals surface area contributed by atoms with E-state index in [0.717, 1.165) is 16.7 Å². The van der Waals surface area contributed by atoms with Gasteiger partial charge in [-0.05, 0) is 60.4 Å². The molecule has 10 heteroatoms. The molecule has 1 atom stereocenters. The summed E-state index contributed by atoms with van der Waals surface area (Å²) in [4.78, 5) is 32.1. The third kappa shape index (κ3) is 8.38. The van der Waals surface area contributed by atoms with Crippen molar-refractivity contribution in [2.24, 2.45) is 0 Å². The summed E-state index contributed by atoms with van der Waals surface area (Å²) >= 11 is 6.01. The van der Waals surface area contributed by atoms with E-state index in [4.69, 9.17) is 11.6 Å². The van der Waals surface area contributed by atoms with Crippen molar-refractivity contribution in [2.75, 3.05) is 6.54 Å². The summed E-state index contributed by atoms with van der Waals surface area (Å²) in [6.07, 6.45) is 3.90. The highest BCUT2D eigenvalue weighted by Crippen LogP contribution is 2.17. The van der Waals surface area contributed by atoms with Crippen molar-refractivity contribution in [3.8, 4) is 0 Å². The molecule has 0 bridgehead atoms. The fraction of sp³-hybridized carbons (Fsp3) is 0.296. The van der Waals surface area contributed by atoms with E-state index in [0.29, 0.717) is 24.5 Å². The third-order valence-electron chi connectivity index (χ3n) is 5.82. The van der Waals surface area contributed by atoms with Crippen LogP contribution in [0.25, 0.3) is 0 Å². The average molecular weight is 543 g/mol. The Kier molecular flexibility index (Phi) is 10.2. The minimum atomic E-state index is -3.54. The quantitative estimate of drug-likeness (QED) is 0.363. The van der Waals surface area contributed by atoms with Crippen LogP contribution in [-0.4, -0.2) is 42.7 Å². The fourth-order valence-corrected chi connectivity index (χ4v) is 4.88. The summed E-state index contributed by atoms with van der Waals surface area (Å²) in [6.45, 7) is 4.27. The second kappa shape index (κ2) is 13.3. The molecule has 2 N–H and O–H groups in total. The van der Waals surface area contributed by atoms with E-state index in [1.54, 1.807) is 61.5 Å². The van der Waals surface area contributed by atoms with Gasteiger partial charge in [-0.3, -0.25) is 14.6 Å². The van der Waals surface area contributed by atoms with E-state index in [1.807, 2.05) is 18.2 Å². The molecule has 2 aromatic carbocycles. The number of pyridine rings is 1. The van der Waals surface area contributed by atoms with Crippen LogP contribution < -0.4 is 10.0 Å². The van der Waals surface area contributed by atoms with Crippen molar-refractivity contribution in [1.82, 2.24) is 19.9 Å². The maximum absolute atomic E-state index is 13.3. The van der Waals surface area contributed by atoms with Crippen LogP contribution in [0.15, 0.2) is 78.0 Å². The first-order valence-corrected chi connectivity index (χ1v) is 13.8.